The third kappa shape index (κ3) is 3.79. The molecule has 5 nitrogen and oxygen atoms in total. The molecule has 0 saturated heterocycles. The van der Waals surface area contributed by atoms with Crippen LogP contribution in [0, 0.1) is 17.9 Å². The van der Waals surface area contributed by atoms with Gasteiger partial charge in [-0.15, -0.1) is 0 Å². The third-order valence-corrected chi connectivity index (χ3v) is 9.77. The van der Waals surface area contributed by atoms with Crippen LogP contribution in [-0.2, 0) is 0 Å². The molecular formula is C44H24N4O. The molecule has 7 aromatic carbocycles. The van der Waals surface area contributed by atoms with Crippen molar-refractivity contribution in [3.63, 3.8) is 0 Å². The first kappa shape index (κ1) is 27.1. The van der Waals surface area contributed by atoms with Crippen molar-refractivity contribution in [2.75, 3.05) is 0 Å². The number of hydrogen-bond donors (Lipinski definition) is 0. The topological polar surface area (TPSA) is 51.1 Å². The summed E-state index contributed by atoms with van der Waals surface area (Å²) in [6.07, 6.45) is 0. The van der Waals surface area contributed by atoms with Crippen LogP contribution in [0.1, 0.15) is 5.56 Å². The van der Waals surface area contributed by atoms with Crippen LogP contribution in [0.2, 0.25) is 0 Å². The van der Waals surface area contributed by atoms with Crippen LogP contribution in [0.15, 0.2) is 150 Å². The zero-order chi connectivity index (χ0) is 32.6. The lowest BCUT2D eigenvalue weighted by Crippen LogP contribution is -1.98. The van der Waals surface area contributed by atoms with Gasteiger partial charge in [-0.05, 0) is 77.9 Å². The Morgan fingerprint density at radius 1 is 0.551 bits per heavy atom. The second kappa shape index (κ2) is 10.2. The van der Waals surface area contributed by atoms with Gasteiger partial charge in [0.2, 0.25) is 5.69 Å². The monoisotopic (exact) mass is 624 g/mol. The van der Waals surface area contributed by atoms with E-state index in [1.807, 2.05) is 24.3 Å². The normalized spacial score (nSPS) is 11.6. The maximum atomic E-state index is 10.2. The molecule has 10 aromatic rings. The fourth-order valence-electron chi connectivity index (χ4n) is 7.66. The zero-order valence-corrected chi connectivity index (χ0v) is 26.1. The van der Waals surface area contributed by atoms with Crippen LogP contribution >= 0.6 is 0 Å². The maximum absolute atomic E-state index is 10.2. The molecule has 0 bridgehead atoms. The summed E-state index contributed by atoms with van der Waals surface area (Å²) in [4.78, 5) is 3.84. The van der Waals surface area contributed by atoms with Crippen molar-refractivity contribution in [2.45, 2.75) is 0 Å². The average Bonchev–Trinajstić information content (AvgIpc) is 3.81. The maximum Gasteiger partial charge on any atom is 0.211 e. The summed E-state index contributed by atoms with van der Waals surface area (Å²) in [6.45, 7) is 7.99. The fourth-order valence-corrected chi connectivity index (χ4v) is 7.66. The highest BCUT2D eigenvalue weighted by atomic mass is 16.3. The van der Waals surface area contributed by atoms with Gasteiger partial charge in [-0.3, -0.25) is 0 Å². The molecule has 0 spiro atoms. The van der Waals surface area contributed by atoms with Gasteiger partial charge in [-0.25, -0.2) is 4.85 Å². The molecule has 0 amide bonds. The van der Waals surface area contributed by atoms with Crippen molar-refractivity contribution in [3.8, 4) is 28.6 Å². The molecule has 5 heteroatoms. The highest BCUT2D eigenvalue weighted by Gasteiger charge is 2.22. The Balaban J connectivity index is 1.29. The molecular weight excluding hydrogens is 601 g/mol. The van der Waals surface area contributed by atoms with Crippen LogP contribution in [0.4, 0.5) is 5.69 Å². The van der Waals surface area contributed by atoms with Crippen molar-refractivity contribution in [1.29, 1.82) is 5.26 Å². The van der Waals surface area contributed by atoms with E-state index in [9.17, 15) is 5.26 Å². The van der Waals surface area contributed by atoms with Gasteiger partial charge in [0, 0.05) is 32.6 Å². The quantitative estimate of drug-likeness (QED) is 0.184. The van der Waals surface area contributed by atoms with E-state index in [1.165, 1.54) is 16.3 Å². The molecule has 0 radical (unpaired) electrons. The molecule has 0 aliphatic rings. The molecule has 0 unspecified atom stereocenters. The first-order valence-electron chi connectivity index (χ1n) is 16.1. The largest absolute Gasteiger partial charge is 0.455 e. The van der Waals surface area contributed by atoms with E-state index in [4.69, 9.17) is 11.0 Å². The predicted octanol–water partition coefficient (Wildman–Crippen LogP) is 11.9. The smallest absolute Gasteiger partial charge is 0.211 e. The van der Waals surface area contributed by atoms with Crippen LogP contribution in [0.3, 0.4) is 0 Å². The minimum atomic E-state index is 0.423. The second-order valence-corrected chi connectivity index (χ2v) is 12.3. The number of para-hydroxylation sites is 4. The summed E-state index contributed by atoms with van der Waals surface area (Å²) in [5.74, 6) is 0. The summed E-state index contributed by atoms with van der Waals surface area (Å²) in [5, 5.41) is 16.6. The van der Waals surface area contributed by atoms with E-state index in [1.54, 1.807) is 18.2 Å². The molecule has 226 valence electrons. The summed E-state index contributed by atoms with van der Waals surface area (Å²) in [6, 6.07) is 52.1. The lowest BCUT2D eigenvalue weighted by molar-refractivity contribution is 0.673. The van der Waals surface area contributed by atoms with Crippen molar-refractivity contribution in [2.24, 2.45) is 0 Å². The minimum absolute atomic E-state index is 0.423. The van der Waals surface area contributed by atoms with Gasteiger partial charge in [-0.1, -0.05) is 78.9 Å². The third-order valence-electron chi connectivity index (χ3n) is 9.77. The van der Waals surface area contributed by atoms with E-state index in [2.05, 4.69) is 123 Å². The van der Waals surface area contributed by atoms with E-state index in [-0.39, 0.29) is 0 Å². The molecule has 0 aliphatic carbocycles. The number of nitrogens with zero attached hydrogens (tertiary/aromatic N) is 4. The van der Waals surface area contributed by atoms with Crippen LogP contribution in [0.5, 0.6) is 0 Å². The lowest BCUT2D eigenvalue weighted by atomic mass is 10.00. The Morgan fingerprint density at radius 2 is 1.22 bits per heavy atom. The second-order valence-electron chi connectivity index (χ2n) is 12.3. The Morgan fingerprint density at radius 3 is 2.02 bits per heavy atom. The molecule has 0 fully saturated rings. The first-order chi connectivity index (χ1) is 24.2. The Kier molecular flexibility index (Phi) is 5.64. The van der Waals surface area contributed by atoms with Crippen LogP contribution in [-0.4, -0.2) is 9.13 Å². The van der Waals surface area contributed by atoms with Crippen molar-refractivity contribution >= 4 is 71.2 Å². The predicted molar refractivity (Wildman–Crippen MR) is 199 cm³/mol. The van der Waals surface area contributed by atoms with Gasteiger partial charge in [-0.2, -0.15) is 5.26 Å². The molecule has 49 heavy (non-hydrogen) atoms. The first-order valence-corrected chi connectivity index (χ1v) is 16.1. The molecule has 10 rings (SSSR count). The number of nitriles is 1. The molecule has 0 aliphatic heterocycles. The molecule has 0 saturated carbocycles. The Labute approximate surface area is 280 Å². The highest BCUT2D eigenvalue weighted by Crippen LogP contribution is 2.44. The van der Waals surface area contributed by atoms with Gasteiger partial charge in [0.15, 0.2) is 0 Å². The number of benzene rings is 7. The number of aromatic nitrogens is 2. The summed E-state index contributed by atoms with van der Waals surface area (Å²) in [5.41, 5.74) is 10.5. The molecule has 0 N–H and O–H groups in total. The van der Waals surface area contributed by atoms with Gasteiger partial charge >= 0.3 is 0 Å². The standard InChI is InChI=1S/C44H24N4O/c1-46-36-15-9-10-29(26-45)43(36)48-39-22-19-28(25-35(39)42-40(48)23-20-33-32-14-6-8-17-41(32)49-44(33)42)27-18-21-38-34(24-27)31-13-5-7-16-37(31)47(38)30-11-3-2-4-12-30/h2-25H. The fraction of sp³-hybridized carbons (Fsp3) is 0. The van der Waals surface area contributed by atoms with E-state index < -0.39 is 0 Å². The van der Waals surface area contributed by atoms with Crippen LogP contribution in [0.25, 0.3) is 92.9 Å². The van der Waals surface area contributed by atoms with E-state index in [0.29, 0.717) is 16.9 Å². The number of fused-ring (bicyclic) bond motifs is 10. The number of furan rings is 1. The van der Waals surface area contributed by atoms with Gasteiger partial charge < -0.3 is 13.6 Å². The Bertz CT molecular complexity index is 3040. The summed E-state index contributed by atoms with van der Waals surface area (Å²) in [7, 11) is 0. The average molecular weight is 625 g/mol. The zero-order valence-electron chi connectivity index (χ0n) is 26.1. The van der Waals surface area contributed by atoms with Gasteiger partial charge in [0.1, 0.15) is 11.2 Å². The Hall–Kier alpha value is -7.08. The van der Waals surface area contributed by atoms with Crippen LogP contribution < -0.4 is 0 Å². The van der Waals surface area contributed by atoms with Crippen molar-refractivity contribution in [3.05, 3.63) is 163 Å². The number of hydrogen-bond acceptors (Lipinski definition) is 2. The van der Waals surface area contributed by atoms with E-state index >= 15 is 0 Å². The highest BCUT2D eigenvalue weighted by molar-refractivity contribution is 6.24. The van der Waals surface area contributed by atoms with Gasteiger partial charge in [0.25, 0.3) is 0 Å². The van der Waals surface area contributed by atoms with Crippen molar-refractivity contribution in [1.82, 2.24) is 9.13 Å². The summed E-state index contributed by atoms with van der Waals surface area (Å²) >= 11 is 0. The molecule has 3 aromatic heterocycles. The molecule has 3 heterocycles. The SMILES string of the molecule is [C-]#[N+]c1cccc(C#N)c1-n1c2ccc(-c3ccc4c(c3)c3ccccc3n4-c3ccccc3)cc2c2c3oc4ccccc4c3ccc21. The van der Waals surface area contributed by atoms with E-state index in [0.717, 1.165) is 66.1 Å². The summed E-state index contributed by atoms with van der Waals surface area (Å²) < 4.78 is 11.0. The minimum Gasteiger partial charge on any atom is -0.455 e. The number of rotatable bonds is 3. The van der Waals surface area contributed by atoms with Crippen molar-refractivity contribution < 1.29 is 4.42 Å². The molecule has 0 atom stereocenters. The lowest BCUT2D eigenvalue weighted by Gasteiger charge is -2.12. The van der Waals surface area contributed by atoms with Gasteiger partial charge in [0.05, 0.1) is 51.3 Å².